The molecule has 192 valence electrons. The van der Waals surface area contributed by atoms with Crippen LogP contribution in [-0.4, -0.2) is 73.0 Å². The van der Waals surface area contributed by atoms with Crippen molar-refractivity contribution in [3.63, 3.8) is 0 Å². The second kappa shape index (κ2) is 10.0. The van der Waals surface area contributed by atoms with Crippen molar-refractivity contribution in [1.29, 1.82) is 0 Å². The van der Waals surface area contributed by atoms with Crippen molar-refractivity contribution in [2.45, 2.75) is 16.4 Å². The van der Waals surface area contributed by atoms with Crippen LogP contribution in [0.4, 0.5) is 5.13 Å². The Morgan fingerprint density at radius 1 is 1.43 bits per heavy atom. The molecule has 0 saturated carbocycles. The van der Waals surface area contributed by atoms with E-state index in [1.54, 1.807) is 9.90 Å². The van der Waals surface area contributed by atoms with Gasteiger partial charge in [-0.2, -0.15) is 0 Å². The fraction of sp³-hybridized carbons (Fsp3) is 0.286. The van der Waals surface area contributed by atoms with Crippen molar-refractivity contribution in [2.24, 2.45) is 12.2 Å². The number of nitrogens with zero attached hydrogens (tertiary/aromatic N) is 6. The van der Waals surface area contributed by atoms with Gasteiger partial charge in [-0.25, -0.2) is 9.55 Å². The first-order valence-electron chi connectivity index (χ1n) is 10.8. The molecule has 16 heteroatoms. The number of fused-ring (bicyclic) bond motifs is 2. The Kier molecular flexibility index (Phi) is 6.78. The summed E-state index contributed by atoms with van der Waals surface area (Å²) in [6.07, 6.45) is 3.71. The molecule has 5 rings (SSSR count). The summed E-state index contributed by atoms with van der Waals surface area (Å²) in [7, 11) is 3.19. The summed E-state index contributed by atoms with van der Waals surface area (Å²) >= 11 is 3.85. The summed E-state index contributed by atoms with van der Waals surface area (Å²) in [5.41, 5.74) is 6.99. The number of imidazole rings is 1. The van der Waals surface area contributed by atoms with Gasteiger partial charge in [-0.05, 0) is 11.6 Å². The maximum atomic E-state index is 13.0. The van der Waals surface area contributed by atoms with Crippen LogP contribution in [0.25, 0.3) is 5.65 Å². The summed E-state index contributed by atoms with van der Waals surface area (Å²) < 4.78 is 3.66. The van der Waals surface area contributed by atoms with E-state index >= 15 is 0 Å². The van der Waals surface area contributed by atoms with Crippen molar-refractivity contribution >= 4 is 69.1 Å². The third kappa shape index (κ3) is 4.62. The van der Waals surface area contributed by atoms with E-state index in [1.165, 1.54) is 35.5 Å². The Hall–Kier alpha value is -3.63. The normalized spacial score (nSPS) is 19.6. The molecule has 37 heavy (non-hydrogen) atoms. The number of carboxylic acids is 1. The Balaban J connectivity index is 1.30. The van der Waals surface area contributed by atoms with Gasteiger partial charge in [0.15, 0.2) is 17.0 Å². The van der Waals surface area contributed by atoms with E-state index in [4.69, 9.17) is 10.6 Å². The quantitative estimate of drug-likeness (QED) is 0.111. The fourth-order valence-electron chi connectivity index (χ4n) is 3.96. The van der Waals surface area contributed by atoms with Crippen LogP contribution in [0, 0.1) is 0 Å². The molecule has 0 radical (unpaired) electrons. The van der Waals surface area contributed by atoms with E-state index in [-0.39, 0.29) is 22.2 Å². The first-order valence-corrected chi connectivity index (χ1v) is 13.7. The van der Waals surface area contributed by atoms with Crippen molar-refractivity contribution < 1.29 is 28.9 Å². The van der Waals surface area contributed by atoms with Gasteiger partial charge in [-0.15, -0.1) is 27.6 Å². The van der Waals surface area contributed by atoms with Crippen molar-refractivity contribution in [1.82, 2.24) is 24.8 Å². The molecule has 0 aliphatic carbocycles. The highest BCUT2D eigenvalue weighted by Gasteiger charge is 2.53. The number of oxime groups is 1. The van der Waals surface area contributed by atoms with Gasteiger partial charge in [0.25, 0.3) is 11.8 Å². The Labute approximate surface area is 222 Å². The zero-order valence-electron chi connectivity index (χ0n) is 19.5. The molecule has 3 aromatic rings. The van der Waals surface area contributed by atoms with Gasteiger partial charge in [0.2, 0.25) is 0 Å². The van der Waals surface area contributed by atoms with Gasteiger partial charge >= 0.3 is 5.65 Å². The van der Waals surface area contributed by atoms with Crippen LogP contribution in [0.2, 0.25) is 0 Å². The van der Waals surface area contributed by atoms with Gasteiger partial charge < -0.3 is 25.8 Å². The third-order valence-corrected chi connectivity index (χ3v) is 8.71. The molecule has 3 aromatic heterocycles. The van der Waals surface area contributed by atoms with E-state index in [0.29, 0.717) is 22.1 Å². The number of aliphatic carboxylic acids is 1. The maximum Gasteiger partial charge on any atom is 0.306 e. The first kappa shape index (κ1) is 25.0. The van der Waals surface area contributed by atoms with E-state index in [9.17, 15) is 19.5 Å². The van der Waals surface area contributed by atoms with Crippen LogP contribution in [0.15, 0.2) is 51.4 Å². The molecule has 0 bridgehead atoms. The van der Waals surface area contributed by atoms with Crippen LogP contribution < -0.4 is 20.7 Å². The number of β-lactam (4-membered cyclic amide) rings is 1. The molecular weight excluding hydrogens is 540 g/mol. The number of amides is 2. The molecule has 2 aliphatic rings. The fourth-order valence-corrected chi connectivity index (χ4v) is 6.86. The Bertz CT molecular complexity index is 1480. The monoisotopic (exact) mass is 560 g/mol. The molecule has 5 heterocycles. The van der Waals surface area contributed by atoms with Gasteiger partial charge in [-0.3, -0.25) is 14.5 Å². The number of aromatic nitrogens is 4. The molecular formula is C21H20N8O5S3. The standard InChI is InChI=1S/C21H20N8O5S3/c1-27-5-6-28-13(27)4-3-12(25-28)35-7-10-8-36-19-15(18(31)29(19)16(10)20(32)33)24-17(30)14(26-34-2)11-9-37-21(22)23-11/h3-6,9,15,19H,7-8H2,1-2H3,(H3-,22,23,24,30,32,33)/b26-14-/t15-,19-/m1/s1. The van der Waals surface area contributed by atoms with Crippen LogP contribution in [0.5, 0.6) is 0 Å². The molecule has 13 nitrogen and oxygen atoms in total. The topological polar surface area (TPSA) is 171 Å². The lowest BCUT2D eigenvalue weighted by Gasteiger charge is -2.50. The number of thiazole rings is 1. The lowest BCUT2D eigenvalue weighted by molar-refractivity contribution is -0.644. The van der Waals surface area contributed by atoms with Gasteiger partial charge in [0, 0.05) is 23.0 Å². The highest BCUT2D eigenvalue weighted by atomic mass is 32.2. The Morgan fingerprint density at radius 2 is 2.24 bits per heavy atom. The van der Waals surface area contributed by atoms with E-state index in [1.807, 2.05) is 36.1 Å². The average Bonchev–Trinajstić information content (AvgIpc) is 3.48. The number of nitrogens with one attached hydrogen (secondary N) is 1. The first-order chi connectivity index (χ1) is 17.8. The summed E-state index contributed by atoms with van der Waals surface area (Å²) in [6.45, 7) is 0. The summed E-state index contributed by atoms with van der Waals surface area (Å²) in [4.78, 5) is 47.9. The molecule has 2 atom stereocenters. The predicted octanol–water partition coefficient (Wildman–Crippen LogP) is -1.26. The highest BCUT2D eigenvalue weighted by Crippen LogP contribution is 2.41. The number of rotatable bonds is 8. The number of carbonyl (C=O) groups excluding carboxylic acids is 3. The number of anilines is 1. The van der Waals surface area contributed by atoms with Crippen molar-refractivity contribution in [2.75, 3.05) is 24.3 Å². The smallest absolute Gasteiger partial charge is 0.306 e. The summed E-state index contributed by atoms with van der Waals surface area (Å²) in [5.74, 6) is -2.03. The molecule has 0 spiro atoms. The van der Waals surface area contributed by atoms with Crippen LogP contribution in [0.3, 0.4) is 0 Å². The molecule has 2 amide bonds. The Morgan fingerprint density at radius 3 is 2.95 bits per heavy atom. The van der Waals surface area contributed by atoms with Gasteiger partial charge in [0.05, 0.1) is 18.7 Å². The number of hydrogen-bond donors (Lipinski definition) is 2. The lowest BCUT2D eigenvalue weighted by Crippen LogP contribution is -2.71. The zero-order chi connectivity index (χ0) is 26.3. The maximum absolute atomic E-state index is 13.0. The van der Waals surface area contributed by atoms with E-state index in [2.05, 4.69) is 20.6 Å². The number of hydrogen-bond acceptors (Lipinski definition) is 12. The minimum absolute atomic E-state index is 0.143. The van der Waals surface area contributed by atoms with Crippen LogP contribution >= 0.6 is 34.9 Å². The number of nitrogen functional groups attached to an aromatic ring is 1. The third-order valence-electron chi connectivity index (χ3n) is 5.69. The summed E-state index contributed by atoms with van der Waals surface area (Å²) in [6, 6.07) is 2.83. The molecule has 1 saturated heterocycles. The van der Waals surface area contributed by atoms with E-state index in [0.717, 1.165) is 17.0 Å². The minimum atomic E-state index is -1.44. The number of carboxylic acid groups (broad SMARTS) is 1. The lowest BCUT2D eigenvalue weighted by atomic mass is 10.0. The predicted molar refractivity (Wildman–Crippen MR) is 134 cm³/mol. The zero-order valence-corrected chi connectivity index (χ0v) is 21.9. The van der Waals surface area contributed by atoms with Gasteiger partial charge in [-0.1, -0.05) is 22.0 Å². The number of carbonyl (C=O) groups is 3. The van der Waals surface area contributed by atoms with E-state index < -0.39 is 29.2 Å². The summed E-state index contributed by atoms with van der Waals surface area (Å²) in [5, 5.41) is 24.8. The number of aryl methyl sites for hydroxylation is 1. The number of thioether (sulfide) groups is 2. The average molecular weight is 561 g/mol. The minimum Gasteiger partial charge on any atom is -0.543 e. The largest absolute Gasteiger partial charge is 0.543 e. The SMILES string of the molecule is CO/N=C(\C(=O)N[C@@H]1C(=O)N2C(C(=O)[O-])=C(CSc3ccc4n(cc[n+]4C)n3)CS[C@H]12)c1csc(N)n1. The van der Waals surface area contributed by atoms with Crippen LogP contribution in [-0.2, 0) is 26.3 Å². The molecule has 2 aliphatic heterocycles. The molecule has 3 N–H and O–H groups in total. The highest BCUT2D eigenvalue weighted by molar-refractivity contribution is 8.01. The second-order valence-electron chi connectivity index (χ2n) is 7.97. The van der Waals surface area contributed by atoms with Crippen LogP contribution in [0.1, 0.15) is 5.69 Å². The number of nitrogens with two attached hydrogens (primary N) is 1. The molecule has 1 fully saturated rings. The van der Waals surface area contributed by atoms with Crippen molar-refractivity contribution in [3.8, 4) is 0 Å². The molecule has 0 aromatic carbocycles. The van der Waals surface area contributed by atoms with Crippen molar-refractivity contribution in [3.05, 3.63) is 46.9 Å². The molecule has 0 unspecified atom stereocenters. The second-order valence-corrected chi connectivity index (χ2v) is 11.0. The van der Waals surface area contributed by atoms with Gasteiger partial charge in [0.1, 0.15) is 35.4 Å².